The summed E-state index contributed by atoms with van der Waals surface area (Å²) < 4.78 is 1.75. The number of nitrogens with one attached hydrogen (secondary N) is 1. The first-order valence-electron chi connectivity index (χ1n) is 10.7. The molecule has 0 radical (unpaired) electrons. The molecule has 29 heavy (non-hydrogen) atoms. The molecule has 7 nitrogen and oxygen atoms in total. The van der Waals surface area contributed by atoms with Crippen LogP contribution in [0.3, 0.4) is 0 Å². The minimum atomic E-state index is -0.0961. The first-order chi connectivity index (χ1) is 14.2. The Balaban J connectivity index is 1.33. The van der Waals surface area contributed by atoms with Crippen LogP contribution in [0.25, 0.3) is 0 Å². The zero-order chi connectivity index (χ0) is 20.1. The number of benzene rings is 1. The van der Waals surface area contributed by atoms with Crippen LogP contribution >= 0.6 is 0 Å². The molecular weight excluding hydrogens is 366 g/mol. The summed E-state index contributed by atoms with van der Waals surface area (Å²) in [6.45, 7) is 1.85. The Labute approximate surface area is 171 Å². The number of carbonyl (C=O) groups is 2. The number of amides is 2. The third-order valence-electron chi connectivity index (χ3n) is 6.04. The SMILES string of the molecule is O=C(NC1CCCCC1)C1CCCN(C(=O)c2ccc(Cn3cncn3)cc2)C1. The molecule has 1 aromatic carbocycles. The van der Waals surface area contributed by atoms with Crippen molar-refractivity contribution < 1.29 is 9.59 Å². The van der Waals surface area contributed by atoms with Crippen LogP contribution in [0.15, 0.2) is 36.9 Å². The van der Waals surface area contributed by atoms with Crippen molar-refractivity contribution in [2.45, 2.75) is 57.5 Å². The van der Waals surface area contributed by atoms with Crippen molar-refractivity contribution in [2.24, 2.45) is 5.92 Å². The Kier molecular flexibility index (Phi) is 6.22. The van der Waals surface area contributed by atoms with Gasteiger partial charge in [-0.1, -0.05) is 31.4 Å². The predicted octanol–water partition coefficient (Wildman–Crippen LogP) is 2.63. The number of piperidine rings is 1. The molecule has 0 spiro atoms. The van der Waals surface area contributed by atoms with Crippen LogP contribution in [-0.4, -0.2) is 50.6 Å². The van der Waals surface area contributed by atoms with Crippen LogP contribution in [0.2, 0.25) is 0 Å². The van der Waals surface area contributed by atoms with E-state index in [9.17, 15) is 9.59 Å². The average molecular weight is 396 g/mol. The first kappa shape index (κ1) is 19.6. The van der Waals surface area contributed by atoms with E-state index in [1.54, 1.807) is 11.0 Å². The number of aromatic nitrogens is 3. The highest BCUT2D eigenvalue weighted by Crippen LogP contribution is 2.22. The molecule has 1 aliphatic carbocycles. The van der Waals surface area contributed by atoms with Crippen LogP contribution in [-0.2, 0) is 11.3 Å². The van der Waals surface area contributed by atoms with Crippen molar-refractivity contribution in [1.29, 1.82) is 0 Å². The third kappa shape index (κ3) is 5.02. The largest absolute Gasteiger partial charge is 0.353 e. The maximum absolute atomic E-state index is 13.0. The molecule has 1 N–H and O–H groups in total. The Morgan fingerprint density at radius 2 is 1.83 bits per heavy atom. The lowest BCUT2D eigenvalue weighted by Gasteiger charge is -2.33. The lowest BCUT2D eigenvalue weighted by Crippen LogP contribution is -2.47. The van der Waals surface area contributed by atoms with E-state index in [0.29, 0.717) is 31.2 Å². The van der Waals surface area contributed by atoms with Gasteiger partial charge in [0.25, 0.3) is 5.91 Å². The van der Waals surface area contributed by atoms with E-state index in [1.165, 1.54) is 25.6 Å². The predicted molar refractivity (Wildman–Crippen MR) is 109 cm³/mol. The Morgan fingerprint density at radius 1 is 1.03 bits per heavy atom. The second-order valence-electron chi connectivity index (χ2n) is 8.22. The quantitative estimate of drug-likeness (QED) is 0.844. The van der Waals surface area contributed by atoms with Gasteiger partial charge in [-0.2, -0.15) is 5.10 Å². The molecule has 2 heterocycles. The number of carbonyl (C=O) groups excluding carboxylic acids is 2. The van der Waals surface area contributed by atoms with Crippen LogP contribution in [0.5, 0.6) is 0 Å². The van der Waals surface area contributed by atoms with E-state index in [-0.39, 0.29) is 17.7 Å². The van der Waals surface area contributed by atoms with Gasteiger partial charge in [0.05, 0.1) is 12.5 Å². The summed E-state index contributed by atoms with van der Waals surface area (Å²) in [4.78, 5) is 31.4. The molecule has 2 aromatic rings. The zero-order valence-corrected chi connectivity index (χ0v) is 16.8. The summed E-state index contributed by atoms with van der Waals surface area (Å²) >= 11 is 0. The topological polar surface area (TPSA) is 80.1 Å². The van der Waals surface area contributed by atoms with Crippen LogP contribution < -0.4 is 5.32 Å². The number of hydrogen-bond donors (Lipinski definition) is 1. The van der Waals surface area contributed by atoms with Gasteiger partial charge in [0.1, 0.15) is 12.7 Å². The van der Waals surface area contributed by atoms with Crippen molar-refractivity contribution in [1.82, 2.24) is 25.0 Å². The highest BCUT2D eigenvalue weighted by Gasteiger charge is 2.30. The lowest BCUT2D eigenvalue weighted by molar-refractivity contribution is -0.127. The molecule has 154 valence electrons. The molecule has 1 aromatic heterocycles. The van der Waals surface area contributed by atoms with Gasteiger partial charge < -0.3 is 10.2 Å². The van der Waals surface area contributed by atoms with Crippen molar-refractivity contribution >= 4 is 11.8 Å². The van der Waals surface area contributed by atoms with E-state index < -0.39 is 0 Å². The lowest BCUT2D eigenvalue weighted by atomic mass is 9.92. The maximum Gasteiger partial charge on any atom is 0.253 e. The zero-order valence-electron chi connectivity index (χ0n) is 16.8. The second-order valence-corrected chi connectivity index (χ2v) is 8.22. The fourth-order valence-electron chi connectivity index (χ4n) is 4.38. The monoisotopic (exact) mass is 395 g/mol. The van der Waals surface area contributed by atoms with Gasteiger partial charge in [0, 0.05) is 24.7 Å². The van der Waals surface area contributed by atoms with Gasteiger partial charge >= 0.3 is 0 Å². The van der Waals surface area contributed by atoms with Crippen LogP contribution in [0.4, 0.5) is 0 Å². The summed E-state index contributed by atoms with van der Waals surface area (Å²) in [5, 5.41) is 7.33. The number of hydrogen-bond acceptors (Lipinski definition) is 4. The smallest absolute Gasteiger partial charge is 0.253 e. The van der Waals surface area contributed by atoms with E-state index in [0.717, 1.165) is 31.2 Å². The molecule has 1 saturated carbocycles. The molecule has 2 amide bonds. The van der Waals surface area contributed by atoms with Crippen molar-refractivity contribution in [3.8, 4) is 0 Å². The highest BCUT2D eigenvalue weighted by atomic mass is 16.2. The van der Waals surface area contributed by atoms with Crippen molar-refractivity contribution in [3.05, 3.63) is 48.0 Å². The highest BCUT2D eigenvalue weighted by molar-refractivity contribution is 5.94. The third-order valence-corrected chi connectivity index (χ3v) is 6.04. The standard InChI is InChI=1S/C22H29N5O2/c28-21(25-20-6-2-1-3-7-20)19-5-4-12-26(14-19)22(29)18-10-8-17(9-11-18)13-27-16-23-15-24-27/h8-11,15-16,19-20H,1-7,12-14H2,(H,25,28). The molecule has 1 saturated heterocycles. The normalized spacial score (nSPS) is 20.4. The number of likely N-dealkylation sites (tertiary alicyclic amines) is 1. The molecular formula is C22H29N5O2. The number of rotatable bonds is 5. The molecule has 2 fully saturated rings. The maximum atomic E-state index is 13.0. The van der Waals surface area contributed by atoms with E-state index in [4.69, 9.17) is 0 Å². The molecule has 4 rings (SSSR count). The summed E-state index contributed by atoms with van der Waals surface area (Å²) in [5.41, 5.74) is 1.73. The fourth-order valence-corrected chi connectivity index (χ4v) is 4.38. The Bertz CT molecular complexity index is 812. The van der Waals surface area contributed by atoms with Crippen LogP contribution in [0.1, 0.15) is 60.9 Å². The van der Waals surface area contributed by atoms with Gasteiger partial charge in [-0.15, -0.1) is 0 Å². The Hall–Kier alpha value is -2.70. The summed E-state index contributed by atoms with van der Waals surface area (Å²) in [6, 6.07) is 7.94. The first-order valence-corrected chi connectivity index (χ1v) is 10.7. The molecule has 1 aliphatic heterocycles. The van der Waals surface area contributed by atoms with Gasteiger partial charge in [-0.25, -0.2) is 9.67 Å². The summed E-state index contributed by atoms with van der Waals surface area (Å²) in [5.74, 6) is 0.0336. The summed E-state index contributed by atoms with van der Waals surface area (Å²) in [6.07, 6.45) is 10.8. The van der Waals surface area contributed by atoms with Gasteiger partial charge in [-0.05, 0) is 43.4 Å². The van der Waals surface area contributed by atoms with Gasteiger partial charge in [0.2, 0.25) is 5.91 Å². The van der Waals surface area contributed by atoms with Gasteiger partial charge in [-0.3, -0.25) is 9.59 Å². The van der Waals surface area contributed by atoms with E-state index in [1.807, 2.05) is 29.2 Å². The molecule has 1 atom stereocenters. The van der Waals surface area contributed by atoms with E-state index in [2.05, 4.69) is 15.4 Å². The van der Waals surface area contributed by atoms with Crippen molar-refractivity contribution in [2.75, 3.05) is 13.1 Å². The van der Waals surface area contributed by atoms with Crippen LogP contribution in [0, 0.1) is 5.92 Å². The minimum Gasteiger partial charge on any atom is -0.353 e. The van der Waals surface area contributed by atoms with Crippen molar-refractivity contribution in [3.63, 3.8) is 0 Å². The number of nitrogens with zero attached hydrogens (tertiary/aromatic N) is 4. The molecule has 2 aliphatic rings. The summed E-state index contributed by atoms with van der Waals surface area (Å²) in [7, 11) is 0. The van der Waals surface area contributed by atoms with E-state index >= 15 is 0 Å². The fraction of sp³-hybridized carbons (Fsp3) is 0.545. The van der Waals surface area contributed by atoms with Gasteiger partial charge in [0.15, 0.2) is 0 Å². The molecule has 1 unspecified atom stereocenters. The minimum absolute atomic E-state index is 0.00692. The molecule has 0 bridgehead atoms. The second kappa shape index (κ2) is 9.20. The Morgan fingerprint density at radius 3 is 2.55 bits per heavy atom. The average Bonchev–Trinajstić information content (AvgIpc) is 3.28. The molecule has 7 heteroatoms.